The van der Waals surface area contributed by atoms with Gasteiger partial charge < -0.3 is 9.64 Å². The van der Waals surface area contributed by atoms with Crippen LogP contribution in [0, 0.1) is 22.7 Å². The van der Waals surface area contributed by atoms with E-state index in [0.717, 1.165) is 50.0 Å². The Labute approximate surface area is 206 Å². The van der Waals surface area contributed by atoms with E-state index in [2.05, 4.69) is 39.5 Å². The van der Waals surface area contributed by atoms with Crippen molar-refractivity contribution in [1.82, 2.24) is 4.90 Å². The summed E-state index contributed by atoms with van der Waals surface area (Å²) in [4.78, 5) is 16.6. The molecule has 3 heteroatoms. The summed E-state index contributed by atoms with van der Waals surface area (Å²) in [6.45, 7) is 15.0. The van der Waals surface area contributed by atoms with Gasteiger partial charge in [-0.15, -0.1) is 0 Å². The highest BCUT2D eigenvalue weighted by Crippen LogP contribution is 2.68. The summed E-state index contributed by atoms with van der Waals surface area (Å²) in [5, 5.41) is 0. The van der Waals surface area contributed by atoms with E-state index in [-0.39, 0.29) is 22.9 Å². The number of rotatable bonds is 10. The Morgan fingerprint density at radius 3 is 1.97 bits per heavy atom. The molecule has 2 aromatic carbocycles. The highest BCUT2D eigenvalue weighted by molar-refractivity contribution is 5.82. The van der Waals surface area contributed by atoms with E-state index in [1.54, 1.807) is 0 Å². The van der Waals surface area contributed by atoms with Gasteiger partial charge in [0.05, 0.1) is 0 Å². The van der Waals surface area contributed by atoms with Crippen molar-refractivity contribution in [2.24, 2.45) is 22.7 Å². The van der Waals surface area contributed by atoms with E-state index in [1.807, 2.05) is 60.7 Å². The normalized spacial score (nSPS) is 27.4. The summed E-state index contributed by atoms with van der Waals surface area (Å²) in [5.74, 6) is 0.493. The lowest BCUT2D eigenvalue weighted by molar-refractivity contribution is -0.162. The first-order chi connectivity index (χ1) is 16.3. The van der Waals surface area contributed by atoms with Gasteiger partial charge in [0.2, 0.25) is 0 Å². The molecule has 2 aliphatic rings. The minimum atomic E-state index is -0.392. The largest absolute Gasteiger partial charge is 0.461 e. The fourth-order valence-electron chi connectivity index (χ4n) is 7.12. The van der Waals surface area contributed by atoms with Gasteiger partial charge in [-0.05, 0) is 61.2 Å². The second-order valence-corrected chi connectivity index (χ2v) is 11.4. The lowest BCUT2D eigenvalue weighted by Crippen LogP contribution is -2.45. The molecule has 0 aromatic heterocycles. The van der Waals surface area contributed by atoms with Crippen molar-refractivity contribution >= 4 is 5.97 Å². The molecule has 0 saturated heterocycles. The Hall–Kier alpha value is -2.13. The van der Waals surface area contributed by atoms with Gasteiger partial charge in [0.15, 0.2) is 0 Å². The molecule has 3 nitrogen and oxygen atoms in total. The van der Waals surface area contributed by atoms with Crippen molar-refractivity contribution in [2.45, 2.75) is 72.3 Å². The summed E-state index contributed by atoms with van der Waals surface area (Å²) in [5.41, 5.74) is 2.18. The van der Waals surface area contributed by atoms with Crippen LogP contribution in [0.25, 0.3) is 0 Å². The van der Waals surface area contributed by atoms with Crippen LogP contribution in [0.2, 0.25) is 0 Å². The quantitative estimate of drug-likeness (QED) is 0.360. The van der Waals surface area contributed by atoms with Crippen LogP contribution < -0.4 is 0 Å². The predicted molar refractivity (Wildman–Crippen MR) is 140 cm³/mol. The highest BCUT2D eigenvalue weighted by Gasteiger charge is 2.67. The Bertz CT molecular complexity index is 895. The van der Waals surface area contributed by atoms with E-state index in [9.17, 15) is 4.79 Å². The number of esters is 1. The van der Waals surface area contributed by atoms with Crippen molar-refractivity contribution in [3.63, 3.8) is 0 Å². The highest BCUT2D eigenvalue weighted by atomic mass is 16.5. The fraction of sp³-hybridized carbons (Fsp3) is 0.581. The molecular formula is C31H43NO2. The van der Waals surface area contributed by atoms with E-state index in [1.165, 1.54) is 6.42 Å². The molecular weight excluding hydrogens is 418 g/mol. The molecule has 4 atom stereocenters. The van der Waals surface area contributed by atoms with Gasteiger partial charge in [-0.2, -0.15) is 0 Å². The van der Waals surface area contributed by atoms with Gasteiger partial charge >= 0.3 is 5.97 Å². The second kappa shape index (κ2) is 10.2. The first kappa shape index (κ1) is 25.0. The van der Waals surface area contributed by atoms with Crippen molar-refractivity contribution in [1.29, 1.82) is 0 Å². The zero-order valence-electron chi connectivity index (χ0n) is 21.8. The standard InChI is InChI=1S/C31H43NO2/c1-6-20-32(21-7-2)22-25-26-18-19-31(5,30(26,3)4)28(25)34-29(33)27(23-14-10-8-11-15-23)24-16-12-9-13-17-24/h8-17,25-28H,6-7,18-22H2,1-5H3. The average Bonchev–Trinajstić information content (AvgIpc) is 3.14. The Morgan fingerprint density at radius 1 is 0.941 bits per heavy atom. The summed E-state index contributed by atoms with van der Waals surface area (Å²) < 4.78 is 6.66. The fourth-order valence-corrected chi connectivity index (χ4v) is 7.12. The van der Waals surface area contributed by atoms with E-state index < -0.39 is 5.92 Å². The van der Waals surface area contributed by atoms with E-state index >= 15 is 0 Å². The third-order valence-electron chi connectivity index (χ3n) is 9.20. The molecule has 2 fully saturated rings. The summed E-state index contributed by atoms with van der Waals surface area (Å²) in [6, 6.07) is 20.2. The Kier molecular flexibility index (Phi) is 7.52. The maximum Gasteiger partial charge on any atom is 0.318 e. The minimum Gasteiger partial charge on any atom is -0.461 e. The van der Waals surface area contributed by atoms with E-state index in [4.69, 9.17) is 4.74 Å². The number of carbonyl (C=O) groups excluding carboxylic acids is 1. The van der Waals surface area contributed by atoms with Gasteiger partial charge in [0, 0.05) is 17.9 Å². The Balaban J connectivity index is 1.65. The number of ether oxygens (including phenoxy) is 1. The monoisotopic (exact) mass is 461 g/mol. The van der Waals surface area contributed by atoms with Gasteiger partial charge in [-0.1, -0.05) is 95.3 Å². The van der Waals surface area contributed by atoms with Crippen molar-refractivity contribution < 1.29 is 9.53 Å². The zero-order valence-corrected chi connectivity index (χ0v) is 21.8. The van der Waals surface area contributed by atoms with Crippen molar-refractivity contribution in [2.75, 3.05) is 19.6 Å². The van der Waals surface area contributed by atoms with Gasteiger partial charge in [-0.3, -0.25) is 4.79 Å². The lowest BCUT2D eigenvalue weighted by Gasteiger charge is -2.41. The molecule has 2 bridgehead atoms. The van der Waals surface area contributed by atoms with Crippen LogP contribution in [-0.2, 0) is 9.53 Å². The predicted octanol–water partition coefficient (Wildman–Crippen LogP) is 6.92. The van der Waals surface area contributed by atoms with Crippen LogP contribution in [0.3, 0.4) is 0 Å². The molecule has 0 spiro atoms. The molecule has 0 N–H and O–H groups in total. The van der Waals surface area contributed by atoms with Crippen LogP contribution in [0.5, 0.6) is 0 Å². The van der Waals surface area contributed by atoms with Gasteiger partial charge in [-0.25, -0.2) is 0 Å². The molecule has 4 unspecified atom stereocenters. The summed E-state index contributed by atoms with van der Waals surface area (Å²) >= 11 is 0. The molecule has 0 heterocycles. The van der Waals surface area contributed by atoms with Gasteiger partial charge in [0.1, 0.15) is 12.0 Å². The number of carbonyl (C=O) groups is 1. The summed E-state index contributed by atoms with van der Waals surface area (Å²) in [6.07, 6.45) is 4.66. The molecule has 2 aliphatic carbocycles. The van der Waals surface area contributed by atoms with Crippen LogP contribution in [0.15, 0.2) is 60.7 Å². The van der Waals surface area contributed by atoms with Crippen LogP contribution in [-0.4, -0.2) is 36.6 Å². The topological polar surface area (TPSA) is 29.5 Å². The van der Waals surface area contributed by atoms with Crippen molar-refractivity contribution in [3.8, 4) is 0 Å². The molecule has 0 aliphatic heterocycles. The third kappa shape index (κ3) is 4.44. The lowest BCUT2D eigenvalue weighted by atomic mass is 9.70. The number of fused-ring (bicyclic) bond motifs is 2. The third-order valence-corrected chi connectivity index (χ3v) is 9.20. The molecule has 4 rings (SSSR count). The maximum absolute atomic E-state index is 14.0. The molecule has 2 aromatic rings. The number of benzene rings is 2. The smallest absolute Gasteiger partial charge is 0.318 e. The minimum absolute atomic E-state index is 0.0139. The number of hydrogen-bond acceptors (Lipinski definition) is 3. The zero-order chi connectivity index (χ0) is 24.3. The van der Waals surface area contributed by atoms with Gasteiger partial charge in [0.25, 0.3) is 0 Å². The number of hydrogen-bond donors (Lipinski definition) is 0. The first-order valence-electron chi connectivity index (χ1n) is 13.4. The molecule has 34 heavy (non-hydrogen) atoms. The average molecular weight is 462 g/mol. The molecule has 2 saturated carbocycles. The maximum atomic E-state index is 14.0. The van der Waals surface area contributed by atoms with Crippen LogP contribution in [0.1, 0.15) is 77.3 Å². The first-order valence-corrected chi connectivity index (χ1v) is 13.4. The molecule has 184 valence electrons. The number of nitrogens with zero attached hydrogens (tertiary/aromatic N) is 1. The second-order valence-electron chi connectivity index (χ2n) is 11.4. The SMILES string of the molecule is CCCN(CCC)CC1C2CCC(C)(C1OC(=O)C(c1ccccc1)c1ccccc1)C2(C)C. The van der Waals surface area contributed by atoms with Crippen molar-refractivity contribution in [3.05, 3.63) is 71.8 Å². The Morgan fingerprint density at radius 2 is 1.47 bits per heavy atom. The van der Waals surface area contributed by atoms with E-state index in [0.29, 0.717) is 11.8 Å². The van der Waals surface area contributed by atoms with Crippen LogP contribution >= 0.6 is 0 Å². The van der Waals surface area contributed by atoms with Crippen LogP contribution in [0.4, 0.5) is 0 Å². The molecule has 0 amide bonds. The molecule has 0 radical (unpaired) electrons. The summed E-state index contributed by atoms with van der Waals surface area (Å²) in [7, 11) is 0.